The molecule has 0 aliphatic heterocycles. The van der Waals surface area contributed by atoms with Gasteiger partial charge in [0, 0.05) is 12.8 Å². The van der Waals surface area contributed by atoms with Crippen LogP contribution >= 0.6 is 0 Å². The van der Waals surface area contributed by atoms with Crippen LogP contribution < -0.4 is 0 Å². The van der Waals surface area contributed by atoms with Crippen molar-refractivity contribution in [3.8, 4) is 0 Å². The molecule has 0 aliphatic carbocycles. The van der Waals surface area contributed by atoms with Gasteiger partial charge in [-0.15, -0.1) is 0 Å². The summed E-state index contributed by atoms with van der Waals surface area (Å²) in [5, 5.41) is 9.67. The quantitative estimate of drug-likeness (QED) is 0.0212. The third-order valence-corrected chi connectivity index (χ3v) is 10.8. The van der Waals surface area contributed by atoms with E-state index in [1.807, 2.05) is 21.1 Å². The zero-order valence-corrected chi connectivity index (χ0v) is 41.2. The molecule has 9 nitrogen and oxygen atoms in total. The smallest absolute Gasteiger partial charge is 0.361 e. The molecule has 0 fully saturated rings. The van der Waals surface area contributed by atoms with Crippen LogP contribution in [0.1, 0.15) is 206 Å². The van der Waals surface area contributed by atoms with Crippen molar-refractivity contribution in [3.05, 3.63) is 60.8 Å². The summed E-state index contributed by atoms with van der Waals surface area (Å²) >= 11 is 0. The Balaban J connectivity index is 4.34. The lowest BCUT2D eigenvalue weighted by molar-refractivity contribution is -0.870. The molecule has 0 heterocycles. The number of likely N-dealkylation sites (N-methyl/N-ethyl adjacent to an activating group) is 1. The van der Waals surface area contributed by atoms with E-state index in [2.05, 4.69) is 74.6 Å². The fourth-order valence-corrected chi connectivity index (χ4v) is 6.82. The van der Waals surface area contributed by atoms with E-state index in [0.717, 1.165) is 89.9 Å². The Hall–Kier alpha value is -3.01. The van der Waals surface area contributed by atoms with Gasteiger partial charge < -0.3 is 28.5 Å². The van der Waals surface area contributed by atoms with Crippen LogP contribution in [0.5, 0.6) is 0 Å². The number of esters is 2. The first-order valence-corrected chi connectivity index (χ1v) is 25.5. The van der Waals surface area contributed by atoms with Gasteiger partial charge in [-0.05, 0) is 77.0 Å². The topological polar surface area (TPSA) is 108 Å². The molecular formula is C54H96NO8+. The molecule has 63 heavy (non-hydrogen) atoms. The van der Waals surface area contributed by atoms with Gasteiger partial charge in [0.25, 0.3) is 6.29 Å². The van der Waals surface area contributed by atoms with E-state index >= 15 is 0 Å². The summed E-state index contributed by atoms with van der Waals surface area (Å²) in [6, 6.07) is 0. The zero-order chi connectivity index (χ0) is 46.3. The molecule has 1 N–H and O–H groups in total. The van der Waals surface area contributed by atoms with E-state index < -0.39 is 24.3 Å². The third kappa shape index (κ3) is 46.8. The number of carbonyl (C=O) groups excluding carboxylic acids is 2. The van der Waals surface area contributed by atoms with Gasteiger partial charge in [-0.25, -0.2) is 4.79 Å². The van der Waals surface area contributed by atoms with Crippen LogP contribution in [0.2, 0.25) is 0 Å². The minimum absolute atomic E-state index is 0.184. The molecular weight excluding hydrogens is 791 g/mol. The first kappa shape index (κ1) is 60.0. The number of carbonyl (C=O) groups is 3. The van der Waals surface area contributed by atoms with Crippen molar-refractivity contribution in [2.75, 3.05) is 47.5 Å². The molecule has 2 atom stereocenters. The fourth-order valence-electron chi connectivity index (χ4n) is 6.82. The van der Waals surface area contributed by atoms with Crippen molar-refractivity contribution in [1.82, 2.24) is 0 Å². The van der Waals surface area contributed by atoms with Gasteiger partial charge in [0.15, 0.2) is 6.10 Å². The number of allylic oxidation sites excluding steroid dienone is 10. The Kier molecular flexibility index (Phi) is 43.4. The molecule has 0 spiro atoms. The summed E-state index contributed by atoms with van der Waals surface area (Å²) in [6.07, 6.45) is 52.8. The van der Waals surface area contributed by atoms with Crippen LogP contribution in [-0.4, -0.2) is 87.4 Å². The number of carboxylic acid groups (broad SMARTS) is 1. The molecule has 0 saturated heterocycles. The highest BCUT2D eigenvalue weighted by atomic mass is 16.7. The fraction of sp³-hybridized carbons (Fsp3) is 0.759. The van der Waals surface area contributed by atoms with E-state index in [0.29, 0.717) is 17.4 Å². The minimum Gasteiger partial charge on any atom is -0.477 e. The van der Waals surface area contributed by atoms with Crippen LogP contribution in [0.15, 0.2) is 60.8 Å². The number of carboxylic acids is 1. The Morgan fingerprint density at radius 2 is 0.905 bits per heavy atom. The number of quaternary nitrogens is 1. The normalized spacial score (nSPS) is 13.3. The second-order valence-corrected chi connectivity index (χ2v) is 18.1. The van der Waals surface area contributed by atoms with Crippen LogP contribution in [0, 0.1) is 0 Å². The van der Waals surface area contributed by atoms with Crippen molar-refractivity contribution in [3.63, 3.8) is 0 Å². The van der Waals surface area contributed by atoms with E-state index in [9.17, 15) is 19.5 Å². The van der Waals surface area contributed by atoms with Crippen LogP contribution in [0.3, 0.4) is 0 Å². The maximum Gasteiger partial charge on any atom is 0.361 e. The molecule has 0 aromatic rings. The number of hydrogen-bond acceptors (Lipinski definition) is 7. The maximum absolute atomic E-state index is 12.8. The largest absolute Gasteiger partial charge is 0.477 e. The van der Waals surface area contributed by atoms with Crippen molar-refractivity contribution in [2.45, 2.75) is 219 Å². The Morgan fingerprint density at radius 3 is 1.37 bits per heavy atom. The summed E-state index contributed by atoms with van der Waals surface area (Å²) < 4.78 is 22.8. The Labute approximate surface area is 386 Å². The lowest BCUT2D eigenvalue weighted by Crippen LogP contribution is -2.40. The highest BCUT2D eigenvalue weighted by molar-refractivity contribution is 5.71. The zero-order valence-electron chi connectivity index (χ0n) is 41.2. The lowest BCUT2D eigenvalue weighted by Gasteiger charge is -2.25. The number of unbranched alkanes of at least 4 members (excludes halogenated alkanes) is 21. The van der Waals surface area contributed by atoms with Crippen molar-refractivity contribution in [1.29, 1.82) is 0 Å². The Morgan fingerprint density at radius 1 is 0.492 bits per heavy atom. The first-order chi connectivity index (χ1) is 30.6. The summed E-state index contributed by atoms with van der Waals surface area (Å²) in [4.78, 5) is 37.3. The lowest BCUT2D eigenvalue weighted by atomic mass is 10.0. The number of aliphatic carboxylic acids is 1. The molecule has 9 heteroatoms. The van der Waals surface area contributed by atoms with Crippen LogP contribution in [-0.2, 0) is 33.3 Å². The molecule has 0 aromatic carbocycles. The average Bonchev–Trinajstić information content (AvgIpc) is 3.24. The average molecular weight is 887 g/mol. The standard InChI is InChI=1S/C54H95NO8/c1-6-8-10-12-14-16-18-20-22-23-24-25-26-27-28-29-31-33-35-37-39-41-43-45-52(57)63-50(49-62-54(53(58)59)60-47-46-55(3,4)5)48-61-51(56)44-42-40-38-36-34-32-30-21-19-17-15-13-11-9-7-2/h8,10,14,16,20-22,24-25,30,50,54H,6-7,9,11-13,15,17-19,23,26-29,31-49H2,1-5H3/p+1/b10-8-,16-14-,22-20-,25-24-,30-21-. The van der Waals surface area contributed by atoms with Gasteiger partial charge in [0.2, 0.25) is 0 Å². The predicted molar refractivity (Wildman–Crippen MR) is 263 cm³/mol. The van der Waals surface area contributed by atoms with Crippen LogP contribution in [0.4, 0.5) is 0 Å². The van der Waals surface area contributed by atoms with Gasteiger partial charge in [0.05, 0.1) is 34.4 Å². The third-order valence-electron chi connectivity index (χ3n) is 10.8. The number of ether oxygens (including phenoxy) is 4. The van der Waals surface area contributed by atoms with Gasteiger partial charge in [-0.3, -0.25) is 9.59 Å². The number of hydrogen-bond donors (Lipinski definition) is 1. The first-order valence-electron chi connectivity index (χ1n) is 25.5. The molecule has 0 amide bonds. The second-order valence-electron chi connectivity index (χ2n) is 18.1. The Bertz CT molecular complexity index is 1220. The van der Waals surface area contributed by atoms with E-state index in [-0.39, 0.29) is 38.6 Å². The van der Waals surface area contributed by atoms with Crippen molar-refractivity contribution < 1.29 is 42.9 Å². The number of nitrogens with zero attached hydrogens (tertiary/aromatic N) is 1. The van der Waals surface area contributed by atoms with Crippen molar-refractivity contribution >= 4 is 17.9 Å². The highest BCUT2D eigenvalue weighted by Crippen LogP contribution is 2.15. The molecule has 0 saturated carbocycles. The molecule has 364 valence electrons. The van der Waals surface area contributed by atoms with E-state index in [4.69, 9.17) is 18.9 Å². The predicted octanol–water partition coefficient (Wildman–Crippen LogP) is 14.1. The highest BCUT2D eigenvalue weighted by Gasteiger charge is 2.25. The molecule has 2 unspecified atom stereocenters. The summed E-state index contributed by atoms with van der Waals surface area (Å²) in [7, 11) is 5.95. The minimum atomic E-state index is -1.51. The molecule has 0 bridgehead atoms. The van der Waals surface area contributed by atoms with Gasteiger partial charge in [-0.1, -0.05) is 177 Å². The molecule has 0 rings (SSSR count). The number of rotatable bonds is 46. The van der Waals surface area contributed by atoms with E-state index in [1.165, 1.54) is 83.5 Å². The SMILES string of the molecule is CC/C=C\C/C=C\C/C=C\C/C=C\CCCCCCCCCCCCC(=O)OC(COC(=O)CCCCCCC/C=C\CCCCCCCC)COC(OCC[N+](C)(C)C)C(=O)O. The molecule has 0 radical (unpaired) electrons. The van der Waals surface area contributed by atoms with E-state index in [1.54, 1.807) is 0 Å². The van der Waals surface area contributed by atoms with Gasteiger partial charge >= 0.3 is 17.9 Å². The molecule has 0 aliphatic rings. The summed E-state index contributed by atoms with van der Waals surface area (Å²) in [5.74, 6) is -2.02. The van der Waals surface area contributed by atoms with Crippen LogP contribution in [0.25, 0.3) is 0 Å². The maximum atomic E-state index is 12.8. The second kappa shape index (κ2) is 45.6. The summed E-state index contributed by atoms with van der Waals surface area (Å²) in [5.41, 5.74) is 0. The van der Waals surface area contributed by atoms with Crippen molar-refractivity contribution in [2.24, 2.45) is 0 Å². The summed E-state index contributed by atoms with van der Waals surface area (Å²) in [6.45, 7) is 4.74. The van der Waals surface area contributed by atoms with Gasteiger partial charge in [0.1, 0.15) is 13.2 Å². The molecule has 0 aromatic heterocycles. The monoisotopic (exact) mass is 887 g/mol. The van der Waals surface area contributed by atoms with Gasteiger partial charge in [-0.2, -0.15) is 0 Å².